The molecule has 2 rings (SSSR count). The summed E-state index contributed by atoms with van der Waals surface area (Å²) in [4.78, 5) is 0. The zero-order valence-electron chi connectivity index (χ0n) is 12.9. The van der Waals surface area contributed by atoms with Gasteiger partial charge in [-0.25, -0.2) is 0 Å². The van der Waals surface area contributed by atoms with E-state index in [1.165, 1.54) is 25.0 Å². The minimum absolute atomic E-state index is 0.314. The quantitative estimate of drug-likeness (QED) is 0.698. The first kappa shape index (κ1) is 14.6. The van der Waals surface area contributed by atoms with Crippen molar-refractivity contribution in [2.45, 2.75) is 58.5 Å². The van der Waals surface area contributed by atoms with Gasteiger partial charge < -0.3 is 9.47 Å². The molecule has 0 aliphatic heterocycles. The van der Waals surface area contributed by atoms with Gasteiger partial charge >= 0.3 is 0 Å². The van der Waals surface area contributed by atoms with Gasteiger partial charge in [-0.15, -0.1) is 0 Å². The summed E-state index contributed by atoms with van der Waals surface area (Å²) in [5, 5.41) is 0. The summed E-state index contributed by atoms with van der Waals surface area (Å²) in [6.07, 6.45) is 12.1. The number of rotatable bonds is 4. The summed E-state index contributed by atoms with van der Waals surface area (Å²) in [5.41, 5.74) is 1.95. The monoisotopic (exact) mass is 264 g/mol. The maximum atomic E-state index is 5.46. The lowest BCUT2D eigenvalue weighted by atomic mass is 9.66. The fourth-order valence-corrected chi connectivity index (χ4v) is 3.52. The molecule has 0 saturated heterocycles. The highest BCUT2D eigenvalue weighted by Crippen LogP contribution is 2.45. The van der Waals surface area contributed by atoms with E-state index in [-0.39, 0.29) is 0 Å². The Labute approximate surface area is 117 Å². The largest absolute Gasteiger partial charge is 0.501 e. The highest BCUT2D eigenvalue weighted by molar-refractivity contribution is 5.19. The van der Waals surface area contributed by atoms with Gasteiger partial charge in [-0.3, -0.25) is 0 Å². The van der Waals surface area contributed by atoms with E-state index in [9.17, 15) is 0 Å². The molecule has 2 atom stereocenters. The highest BCUT2D eigenvalue weighted by Gasteiger charge is 2.35. The third-order valence-corrected chi connectivity index (χ3v) is 5.18. The first-order valence-corrected chi connectivity index (χ1v) is 7.53. The molecule has 0 spiro atoms. The van der Waals surface area contributed by atoms with Gasteiger partial charge in [0.25, 0.3) is 0 Å². The second-order valence-corrected chi connectivity index (χ2v) is 6.43. The lowest BCUT2D eigenvalue weighted by molar-refractivity contribution is 0.0886. The molecular weight excluding hydrogens is 236 g/mol. The first-order chi connectivity index (χ1) is 9.07. The van der Waals surface area contributed by atoms with Crippen LogP contribution in [0.5, 0.6) is 0 Å². The smallest absolute Gasteiger partial charge is 0.0915 e. The van der Waals surface area contributed by atoms with E-state index in [0.29, 0.717) is 11.5 Å². The summed E-state index contributed by atoms with van der Waals surface area (Å²) in [7, 11) is 3.61. The molecule has 19 heavy (non-hydrogen) atoms. The van der Waals surface area contributed by atoms with Gasteiger partial charge in [0.15, 0.2) is 0 Å². The lowest BCUT2D eigenvalue weighted by Crippen LogP contribution is -2.30. The van der Waals surface area contributed by atoms with E-state index in [4.69, 9.17) is 9.47 Å². The molecule has 2 aliphatic rings. The molecule has 0 bridgehead atoms. The normalized spacial score (nSPS) is 28.6. The molecular formula is C17H28O2. The Kier molecular flexibility index (Phi) is 4.72. The maximum absolute atomic E-state index is 5.46. The zero-order chi connectivity index (χ0) is 13.9. The van der Waals surface area contributed by atoms with Crippen LogP contribution in [0, 0.1) is 11.3 Å². The van der Waals surface area contributed by atoms with Gasteiger partial charge in [-0.2, -0.15) is 0 Å². The van der Waals surface area contributed by atoms with Crippen LogP contribution in [0.1, 0.15) is 52.4 Å². The third kappa shape index (κ3) is 3.22. The van der Waals surface area contributed by atoms with Crippen LogP contribution in [-0.2, 0) is 9.47 Å². The van der Waals surface area contributed by atoms with Crippen molar-refractivity contribution in [2.24, 2.45) is 11.3 Å². The van der Waals surface area contributed by atoms with E-state index < -0.39 is 0 Å². The highest BCUT2D eigenvalue weighted by atomic mass is 16.5. The van der Waals surface area contributed by atoms with Gasteiger partial charge in [0.05, 0.1) is 19.0 Å². The van der Waals surface area contributed by atoms with Crippen LogP contribution in [0.3, 0.4) is 0 Å². The molecule has 0 fully saturated rings. The average molecular weight is 264 g/mol. The SMILES string of the molecule is COC1=CCC(C(C)(C)C2=CCC(OC)CC2)CC1. The van der Waals surface area contributed by atoms with E-state index in [0.717, 1.165) is 25.2 Å². The number of hydrogen-bond donors (Lipinski definition) is 0. The molecule has 2 nitrogen and oxygen atoms in total. The molecule has 0 aromatic carbocycles. The van der Waals surface area contributed by atoms with Crippen LogP contribution in [0.15, 0.2) is 23.5 Å². The van der Waals surface area contributed by atoms with Crippen molar-refractivity contribution in [2.75, 3.05) is 14.2 Å². The number of methoxy groups -OCH3 is 2. The fraction of sp³-hybridized carbons (Fsp3) is 0.765. The van der Waals surface area contributed by atoms with E-state index in [1.807, 2.05) is 7.11 Å². The van der Waals surface area contributed by atoms with Gasteiger partial charge in [-0.05, 0) is 49.5 Å². The van der Waals surface area contributed by atoms with Crippen molar-refractivity contribution in [1.82, 2.24) is 0 Å². The number of allylic oxidation sites excluding steroid dienone is 3. The van der Waals surface area contributed by atoms with Crippen molar-refractivity contribution in [3.05, 3.63) is 23.5 Å². The van der Waals surface area contributed by atoms with Crippen LogP contribution >= 0.6 is 0 Å². The molecule has 2 unspecified atom stereocenters. The average Bonchev–Trinajstić information content (AvgIpc) is 2.47. The van der Waals surface area contributed by atoms with Crippen LogP contribution in [0.2, 0.25) is 0 Å². The topological polar surface area (TPSA) is 18.5 Å². The van der Waals surface area contributed by atoms with Crippen LogP contribution in [0.4, 0.5) is 0 Å². The van der Waals surface area contributed by atoms with E-state index >= 15 is 0 Å². The molecule has 0 heterocycles. The first-order valence-electron chi connectivity index (χ1n) is 7.53. The van der Waals surface area contributed by atoms with Crippen LogP contribution in [-0.4, -0.2) is 20.3 Å². The van der Waals surface area contributed by atoms with Crippen molar-refractivity contribution < 1.29 is 9.47 Å². The summed E-state index contributed by atoms with van der Waals surface area (Å²) < 4.78 is 10.8. The molecule has 0 N–H and O–H groups in total. The zero-order valence-corrected chi connectivity index (χ0v) is 12.9. The standard InChI is InChI=1S/C17H28O2/c1-17(2,13-5-9-15(18-3)10-6-13)14-7-11-16(19-4)12-8-14/h5,11,14-15H,6-10,12H2,1-4H3. The van der Waals surface area contributed by atoms with Crippen molar-refractivity contribution >= 4 is 0 Å². The van der Waals surface area contributed by atoms with Crippen molar-refractivity contribution in [3.8, 4) is 0 Å². The number of ether oxygens (including phenoxy) is 2. The maximum Gasteiger partial charge on any atom is 0.0915 e. The van der Waals surface area contributed by atoms with Gasteiger partial charge in [-0.1, -0.05) is 25.5 Å². The second-order valence-electron chi connectivity index (χ2n) is 6.43. The van der Waals surface area contributed by atoms with Crippen molar-refractivity contribution in [1.29, 1.82) is 0 Å². The molecule has 2 aliphatic carbocycles. The third-order valence-electron chi connectivity index (χ3n) is 5.18. The van der Waals surface area contributed by atoms with E-state index in [2.05, 4.69) is 26.0 Å². The van der Waals surface area contributed by atoms with Gasteiger partial charge in [0.1, 0.15) is 0 Å². The minimum atomic E-state index is 0.314. The van der Waals surface area contributed by atoms with Gasteiger partial charge in [0, 0.05) is 13.5 Å². The molecule has 0 aromatic heterocycles. The Morgan fingerprint density at radius 1 is 1.05 bits per heavy atom. The molecule has 108 valence electrons. The minimum Gasteiger partial charge on any atom is -0.501 e. The molecule has 0 saturated carbocycles. The fourth-order valence-electron chi connectivity index (χ4n) is 3.52. The predicted octanol–water partition coefficient (Wildman–Crippen LogP) is 4.47. The molecule has 2 heteroatoms. The van der Waals surface area contributed by atoms with Crippen LogP contribution in [0.25, 0.3) is 0 Å². The van der Waals surface area contributed by atoms with Gasteiger partial charge in [0.2, 0.25) is 0 Å². The summed E-state index contributed by atoms with van der Waals surface area (Å²) in [6.45, 7) is 4.84. The lowest BCUT2D eigenvalue weighted by Gasteiger charge is -2.40. The predicted molar refractivity (Wildman–Crippen MR) is 78.9 cm³/mol. The van der Waals surface area contributed by atoms with Crippen molar-refractivity contribution in [3.63, 3.8) is 0 Å². The second kappa shape index (κ2) is 6.13. The Morgan fingerprint density at radius 2 is 1.84 bits per heavy atom. The summed E-state index contributed by atoms with van der Waals surface area (Å²) in [5.74, 6) is 1.92. The van der Waals surface area contributed by atoms with Crippen LogP contribution < -0.4 is 0 Å². The molecule has 0 aromatic rings. The Bertz CT molecular complexity index is 365. The molecule has 0 radical (unpaired) electrons. The number of hydrogen-bond acceptors (Lipinski definition) is 2. The Hall–Kier alpha value is -0.760. The molecule has 0 amide bonds. The Balaban J connectivity index is 2.03. The summed E-state index contributed by atoms with van der Waals surface area (Å²) in [6, 6.07) is 0. The van der Waals surface area contributed by atoms with E-state index in [1.54, 1.807) is 12.7 Å². The summed E-state index contributed by atoms with van der Waals surface area (Å²) >= 11 is 0. The Morgan fingerprint density at radius 3 is 2.32 bits per heavy atom.